The molecule has 3 amide bonds. The summed E-state index contributed by atoms with van der Waals surface area (Å²) in [5.74, 6) is -1.80. The number of carbonyl (C=O) groups is 4. The zero-order chi connectivity index (χ0) is 34.8. The molecule has 9 heteroatoms. The lowest BCUT2D eigenvalue weighted by Crippen LogP contribution is -2.56. The molecular weight excluding hydrogens is 582 g/mol. The van der Waals surface area contributed by atoms with Gasteiger partial charge in [0.15, 0.2) is 0 Å². The van der Waals surface area contributed by atoms with Crippen molar-refractivity contribution in [3.8, 4) is 0 Å². The number of hydrogen-bond donors (Lipinski definition) is 2. The van der Waals surface area contributed by atoms with E-state index in [1.807, 2.05) is 83.1 Å². The molecule has 0 aromatic heterocycles. The molecule has 3 unspecified atom stereocenters. The van der Waals surface area contributed by atoms with Gasteiger partial charge in [0.25, 0.3) is 0 Å². The van der Waals surface area contributed by atoms with Gasteiger partial charge < -0.3 is 25.0 Å². The zero-order valence-electron chi connectivity index (χ0n) is 29.7. The predicted octanol–water partition coefficient (Wildman–Crippen LogP) is 6.59. The fraction of sp³-hybridized carbons (Fsp3) is 0.568. The third kappa shape index (κ3) is 12.5. The quantitative estimate of drug-likeness (QED) is 0.240. The van der Waals surface area contributed by atoms with Crippen LogP contribution in [-0.4, -0.2) is 58.6 Å². The Morgan fingerprint density at radius 2 is 1.39 bits per heavy atom. The van der Waals surface area contributed by atoms with Crippen LogP contribution in [0.2, 0.25) is 0 Å². The van der Waals surface area contributed by atoms with E-state index in [2.05, 4.69) is 10.6 Å². The molecule has 0 radical (unpaired) electrons. The summed E-state index contributed by atoms with van der Waals surface area (Å²) in [6.07, 6.45) is 0.886. The fourth-order valence-electron chi connectivity index (χ4n) is 5.13. The summed E-state index contributed by atoms with van der Waals surface area (Å²) in [5.41, 5.74) is 1.79. The molecule has 2 rings (SSSR count). The number of rotatable bonds is 13. The molecule has 0 bridgehead atoms. The van der Waals surface area contributed by atoms with E-state index in [0.29, 0.717) is 12.0 Å². The minimum Gasteiger partial charge on any atom is -0.458 e. The van der Waals surface area contributed by atoms with Crippen molar-refractivity contribution in [1.29, 1.82) is 0 Å². The van der Waals surface area contributed by atoms with Crippen LogP contribution in [0.25, 0.3) is 0 Å². The van der Waals surface area contributed by atoms with Gasteiger partial charge in [0.2, 0.25) is 11.8 Å². The average Bonchev–Trinajstić information content (AvgIpc) is 2.91. The fourth-order valence-corrected chi connectivity index (χ4v) is 5.13. The molecule has 0 saturated carbocycles. The summed E-state index contributed by atoms with van der Waals surface area (Å²) in [4.78, 5) is 56.9. The van der Waals surface area contributed by atoms with Crippen LogP contribution in [0.5, 0.6) is 0 Å². The van der Waals surface area contributed by atoms with Crippen LogP contribution in [0, 0.1) is 19.8 Å². The van der Waals surface area contributed by atoms with Crippen molar-refractivity contribution < 1.29 is 28.7 Å². The average molecular weight is 638 g/mol. The smallest absolute Gasteiger partial charge is 0.408 e. The van der Waals surface area contributed by atoms with E-state index in [1.54, 1.807) is 41.5 Å². The number of nitrogens with zero attached hydrogens (tertiary/aromatic N) is 1. The molecule has 46 heavy (non-hydrogen) atoms. The van der Waals surface area contributed by atoms with Crippen LogP contribution in [-0.2, 0) is 30.3 Å². The summed E-state index contributed by atoms with van der Waals surface area (Å²) in [6, 6.07) is 12.1. The van der Waals surface area contributed by atoms with Crippen molar-refractivity contribution in [2.24, 2.45) is 5.92 Å². The summed E-state index contributed by atoms with van der Waals surface area (Å²) >= 11 is 0. The molecular formula is C37H55N3O6. The van der Waals surface area contributed by atoms with E-state index in [4.69, 9.17) is 9.47 Å². The first-order valence-corrected chi connectivity index (χ1v) is 16.3. The highest BCUT2D eigenvalue weighted by Crippen LogP contribution is 2.27. The number of aryl methyl sites for hydroxylation is 2. The van der Waals surface area contributed by atoms with E-state index >= 15 is 0 Å². The molecule has 2 N–H and O–H groups in total. The highest BCUT2D eigenvalue weighted by molar-refractivity contribution is 5.94. The van der Waals surface area contributed by atoms with Crippen LogP contribution >= 0.6 is 0 Å². The van der Waals surface area contributed by atoms with Gasteiger partial charge in [-0.3, -0.25) is 9.59 Å². The lowest BCUT2D eigenvalue weighted by atomic mass is 9.95. The number of carbonyl (C=O) groups excluding carboxylic acids is 4. The van der Waals surface area contributed by atoms with Gasteiger partial charge in [0, 0.05) is 13.0 Å². The Morgan fingerprint density at radius 1 is 0.826 bits per heavy atom. The molecule has 3 atom stereocenters. The van der Waals surface area contributed by atoms with E-state index < -0.39 is 53.2 Å². The number of nitrogens with one attached hydrogen (secondary N) is 2. The van der Waals surface area contributed by atoms with Gasteiger partial charge in [-0.05, 0) is 78.9 Å². The van der Waals surface area contributed by atoms with Gasteiger partial charge in [-0.25, -0.2) is 9.59 Å². The second-order valence-electron chi connectivity index (χ2n) is 14.4. The van der Waals surface area contributed by atoms with Gasteiger partial charge >= 0.3 is 12.1 Å². The Labute approximate surface area is 275 Å². The Morgan fingerprint density at radius 3 is 1.89 bits per heavy atom. The minimum absolute atomic E-state index is 0.207. The van der Waals surface area contributed by atoms with Crippen LogP contribution in [0.3, 0.4) is 0 Å². The molecule has 2 aromatic carbocycles. The lowest BCUT2D eigenvalue weighted by Gasteiger charge is -2.36. The van der Waals surface area contributed by atoms with Crippen molar-refractivity contribution in [2.75, 3.05) is 6.54 Å². The highest BCUT2D eigenvalue weighted by Gasteiger charge is 2.39. The number of amides is 3. The van der Waals surface area contributed by atoms with Crippen molar-refractivity contribution in [3.05, 3.63) is 70.8 Å². The maximum absolute atomic E-state index is 14.5. The molecule has 254 valence electrons. The molecule has 0 saturated heterocycles. The van der Waals surface area contributed by atoms with Gasteiger partial charge in [-0.1, -0.05) is 86.8 Å². The Bertz CT molecular complexity index is 1310. The third-order valence-corrected chi connectivity index (χ3v) is 7.05. The first kappa shape index (κ1) is 38.3. The molecule has 0 aliphatic rings. The number of unbranched alkanes of at least 4 members (excludes halogenated alkanes) is 1. The predicted molar refractivity (Wildman–Crippen MR) is 181 cm³/mol. The number of ether oxygens (including phenoxy) is 2. The molecule has 0 heterocycles. The summed E-state index contributed by atoms with van der Waals surface area (Å²) in [5, 5.41) is 5.71. The SMILES string of the molecule is CCCCN(C(=O)C(NC(=O)OC(C)(C)C)C(C)C)C(C(=O)NC(Cc1ccccc1)C(=O)OC(C)(C)C)c1cc(C)cc(C)c1. The van der Waals surface area contributed by atoms with Crippen molar-refractivity contribution >= 4 is 23.9 Å². The molecule has 9 nitrogen and oxygen atoms in total. The standard InChI is InChI=1S/C37H55N3O6/c1-12-13-19-40(33(42)30(24(2)3)39-35(44)46-37(9,10)11)31(28-21-25(4)20-26(5)22-28)32(41)38-29(34(43)45-36(6,7)8)23-27-17-15-14-16-18-27/h14-18,20-22,24,29-31H,12-13,19,23H2,1-11H3,(H,38,41)(H,39,44). The molecule has 0 aliphatic heterocycles. The first-order chi connectivity index (χ1) is 21.3. The summed E-state index contributed by atoms with van der Waals surface area (Å²) in [7, 11) is 0. The van der Waals surface area contributed by atoms with Crippen LogP contribution in [0.15, 0.2) is 48.5 Å². The number of esters is 1. The number of hydrogen-bond acceptors (Lipinski definition) is 6. The Balaban J connectivity index is 2.64. The van der Waals surface area contributed by atoms with E-state index in [1.165, 1.54) is 4.90 Å². The van der Waals surface area contributed by atoms with Crippen molar-refractivity contribution in [2.45, 2.75) is 125 Å². The molecule has 0 spiro atoms. The third-order valence-electron chi connectivity index (χ3n) is 7.05. The van der Waals surface area contributed by atoms with Crippen LogP contribution in [0.4, 0.5) is 4.79 Å². The van der Waals surface area contributed by atoms with Crippen LogP contribution < -0.4 is 10.6 Å². The topological polar surface area (TPSA) is 114 Å². The number of alkyl carbamates (subject to hydrolysis) is 1. The minimum atomic E-state index is -1.08. The molecule has 0 fully saturated rings. The van der Waals surface area contributed by atoms with Gasteiger partial charge in [-0.2, -0.15) is 0 Å². The van der Waals surface area contributed by atoms with Crippen molar-refractivity contribution in [3.63, 3.8) is 0 Å². The summed E-state index contributed by atoms with van der Waals surface area (Å²) in [6.45, 7) is 20.4. The second kappa shape index (κ2) is 16.6. The second-order valence-corrected chi connectivity index (χ2v) is 14.4. The van der Waals surface area contributed by atoms with E-state index in [0.717, 1.165) is 23.1 Å². The molecule has 2 aromatic rings. The van der Waals surface area contributed by atoms with E-state index in [9.17, 15) is 19.2 Å². The lowest BCUT2D eigenvalue weighted by molar-refractivity contribution is -0.159. The Hall–Kier alpha value is -3.88. The first-order valence-electron chi connectivity index (χ1n) is 16.3. The number of benzene rings is 2. The maximum atomic E-state index is 14.5. The molecule has 0 aliphatic carbocycles. The zero-order valence-corrected chi connectivity index (χ0v) is 29.7. The van der Waals surface area contributed by atoms with Crippen molar-refractivity contribution in [1.82, 2.24) is 15.5 Å². The maximum Gasteiger partial charge on any atom is 0.408 e. The van der Waals surface area contributed by atoms with Crippen LogP contribution in [0.1, 0.15) is 103 Å². The van der Waals surface area contributed by atoms with Gasteiger partial charge in [0.1, 0.15) is 29.3 Å². The van der Waals surface area contributed by atoms with Gasteiger partial charge in [0.05, 0.1) is 0 Å². The highest BCUT2D eigenvalue weighted by atomic mass is 16.6. The van der Waals surface area contributed by atoms with Gasteiger partial charge in [-0.15, -0.1) is 0 Å². The summed E-state index contributed by atoms with van der Waals surface area (Å²) < 4.78 is 11.2. The van der Waals surface area contributed by atoms with E-state index in [-0.39, 0.29) is 18.9 Å². The largest absolute Gasteiger partial charge is 0.458 e. The Kier molecular flexibility index (Phi) is 13.8. The normalized spacial score (nSPS) is 13.7. The monoisotopic (exact) mass is 637 g/mol.